The first-order chi connectivity index (χ1) is 10.5. The zero-order valence-corrected chi connectivity index (χ0v) is 14.9. The predicted molar refractivity (Wildman–Crippen MR) is 89.1 cm³/mol. The number of benzene rings is 1. The Kier molecular flexibility index (Phi) is 8.57. The lowest BCUT2D eigenvalue weighted by Gasteiger charge is -2.19. The third-order valence-corrected chi connectivity index (χ3v) is 3.41. The number of nitrogens with one attached hydrogen (secondary N) is 1. The molecule has 0 aromatic heterocycles. The highest BCUT2D eigenvalue weighted by Gasteiger charge is 2.34. The maximum absolute atomic E-state index is 13.2. The van der Waals surface area contributed by atoms with E-state index < -0.39 is 17.7 Å². The summed E-state index contributed by atoms with van der Waals surface area (Å²) in [6.45, 7) is 6.55. The van der Waals surface area contributed by atoms with Gasteiger partial charge in [0.05, 0.1) is 11.7 Å². The van der Waals surface area contributed by atoms with Crippen LogP contribution in [0.4, 0.5) is 13.2 Å². The van der Waals surface area contributed by atoms with Crippen LogP contribution in [0.2, 0.25) is 0 Å². The molecule has 3 N–H and O–H groups in total. The fourth-order valence-electron chi connectivity index (χ4n) is 1.90. The van der Waals surface area contributed by atoms with Crippen molar-refractivity contribution in [3.8, 4) is 5.75 Å². The van der Waals surface area contributed by atoms with E-state index in [0.717, 1.165) is 6.07 Å². The topological polar surface area (TPSA) is 64.3 Å². The molecule has 2 unspecified atom stereocenters. The number of rotatable bonds is 6. The van der Waals surface area contributed by atoms with Gasteiger partial charge < -0.3 is 15.8 Å². The minimum Gasteiger partial charge on any atom is -0.491 e. The van der Waals surface area contributed by atoms with Gasteiger partial charge in [0, 0.05) is 18.5 Å². The SMILES string of the molecule is CC(C)Oc1ccc(CNC(=O)C(C)C(C)N)c(C(F)(F)F)c1.Cl. The van der Waals surface area contributed by atoms with Gasteiger partial charge in [-0.15, -0.1) is 12.4 Å². The molecular weight excluding hydrogens is 345 g/mol. The van der Waals surface area contributed by atoms with Crippen molar-refractivity contribution in [1.82, 2.24) is 5.32 Å². The van der Waals surface area contributed by atoms with Crippen LogP contribution < -0.4 is 15.8 Å². The Morgan fingerprint density at radius 1 is 1.25 bits per heavy atom. The van der Waals surface area contributed by atoms with Gasteiger partial charge in [0.1, 0.15) is 5.75 Å². The molecule has 1 aromatic carbocycles. The maximum Gasteiger partial charge on any atom is 0.416 e. The zero-order valence-electron chi connectivity index (χ0n) is 14.1. The number of carbonyl (C=O) groups excluding carboxylic acids is 1. The van der Waals surface area contributed by atoms with Crippen molar-refractivity contribution in [2.75, 3.05) is 0 Å². The van der Waals surface area contributed by atoms with Gasteiger partial charge in [-0.3, -0.25) is 4.79 Å². The van der Waals surface area contributed by atoms with Crippen LogP contribution in [0.1, 0.15) is 38.8 Å². The van der Waals surface area contributed by atoms with Gasteiger partial charge in [0.2, 0.25) is 5.91 Å². The second-order valence-corrected chi connectivity index (χ2v) is 5.85. The lowest BCUT2D eigenvalue weighted by atomic mass is 10.0. The zero-order chi connectivity index (χ0) is 17.8. The van der Waals surface area contributed by atoms with Gasteiger partial charge in [0.15, 0.2) is 0 Å². The monoisotopic (exact) mass is 368 g/mol. The molecule has 8 heteroatoms. The summed E-state index contributed by atoms with van der Waals surface area (Å²) in [6, 6.07) is 3.36. The van der Waals surface area contributed by atoms with Crippen LogP contribution in [-0.2, 0) is 17.5 Å². The Balaban J connectivity index is 0.00000529. The summed E-state index contributed by atoms with van der Waals surface area (Å²) in [4.78, 5) is 11.8. The molecule has 0 fully saturated rings. The van der Waals surface area contributed by atoms with Crippen molar-refractivity contribution in [3.05, 3.63) is 29.3 Å². The smallest absolute Gasteiger partial charge is 0.416 e. The van der Waals surface area contributed by atoms with E-state index in [2.05, 4.69) is 5.32 Å². The van der Waals surface area contributed by atoms with Gasteiger partial charge in [-0.05, 0) is 38.5 Å². The van der Waals surface area contributed by atoms with E-state index in [1.807, 2.05) is 0 Å². The third kappa shape index (κ3) is 6.57. The number of alkyl halides is 3. The van der Waals surface area contributed by atoms with Crippen molar-refractivity contribution in [2.45, 2.75) is 52.6 Å². The van der Waals surface area contributed by atoms with Gasteiger partial charge in [-0.2, -0.15) is 13.2 Å². The average Bonchev–Trinajstić information content (AvgIpc) is 2.42. The maximum atomic E-state index is 13.2. The molecule has 1 aromatic rings. The number of hydrogen-bond donors (Lipinski definition) is 2. The van der Waals surface area contributed by atoms with Crippen molar-refractivity contribution in [1.29, 1.82) is 0 Å². The first-order valence-electron chi connectivity index (χ1n) is 7.42. The molecule has 0 aliphatic rings. The summed E-state index contributed by atoms with van der Waals surface area (Å²) in [5, 5.41) is 2.49. The molecular formula is C16H24ClF3N2O2. The highest BCUT2D eigenvalue weighted by Crippen LogP contribution is 2.34. The van der Waals surface area contributed by atoms with E-state index in [-0.39, 0.29) is 48.3 Å². The highest BCUT2D eigenvalue weighted by atomic mass is 35.5. The molecule has 24 heavy (non-hydrogen) atoms. The molecule has 1 rings (SSSR count). The average molecular weight is 369 g/mol. The Bertz CT molecular complexity index is 549. The third-order valence-electron chi connectivity index (χ3n) is 3.41. The minimum absolute atomic E-state index is 0. The summed E-state index contributed by atoms with van der Waals surface area (Å²) in [6.07, 6.45) is -4.75. The van der Waals surface area contributed by atoms with E-state index in [9.17, 15) is 18.0 Å². The van der Waals surface area contributed by atoms with Crippen LogP contribution >= 0.6 is 12.4 Å². The van der Waals surface area contributed by atoms with E-state index in [4.69, 9.17) is 10.5 Å². The van der Waals surface area contributed by atoms with E-state index in [0.29, 0.717) is 0 Å². The first kappa shape index (κ1) is 22.5. The second kappa shape index (κ2) is 9.13. The highest BCUT2D eigenvalue weighted by molar-refractivity contribution is 5.85. The Morgan fingerprint density at radius 2 is 1.83 bits per heavy atom. The number of halogens is 4. The molecule has 0 heterocycles. The van der Waals surface area contributed by atoms with Crippen molar-refractivity contribution in [2.24, 2.45) is 11.7 Å². The van der Waals surface area contributed by atoms with Crippen LogP contribution in [0.5, 0.6) is 5.75 Å². The lowest BCUT2D eigenvalue weighted by Crippen LogP contribution is -2.38. The fourth-order valence-corrected chi connectivity index (χ4v) is 1.90. The van der Waals surface area contributed by atoms with Crippen molar-refractivity contribution >= 4 is 18.3 Å². The molecule has 0 bridgehead atoms. The molecule has 2 atom stereocenters. The molecule has 0 saturated carbocycles. The summed E-state index contributed by atoms with van der Waals surface area (Å²) >= 11 is 0. The quantitative estimate of drug-likeness (QED) is 0.807. The van der Waals surface area contributed by atoms with Crippen LogP contribution in [0.3, 0.4) is 0 Å². The first-order valence-corrected chi connectivity index (χ1v) is 7.42. The Morgan fingerprint density at radius 3 is 2.29 bits per heavy atom. The van der Waals surface area contributed by atoms with Crippen LogP contribution in [0, 0.1) is 5.92 Å². The number of amides is 1. The standard InChI is InChI=1S/C16H23F3N2O2.ClH/c1-9(2)23-13-6-5-12(14(7-13)16(17,18)19)8-21-15(22)10(3)11(4)20;/h5-7,9-11H,8,20H2,1-4H3,(H,21,22);1H. The van der Waals surface area contributed by atoms with E-state index >= 15 is 0 Å². The molecule has 138 valence electrons. The summed E-state index contributed by atoms with van der Waals surface area (Å²) < 4.78 is 44.9. The number of nitrogens with two attached hydrogens (primary N) is 1. The minimum atomic E-state index is -4.52. The van der Waals surface area contributed by atoms with Gasteiger partial charge in [-0.25, -0.2) is 0 Å². The molecule has 0 aliphatic carbocycles. The Labute approximate surface area is 146 Å². The molecule has 0 aliphatic heterocycles. The summed E-state index contributed by atoms with van der Waals surface area (Å²) in [5.74, 6) is -0.713. The van der Waals surface area contributed by atoms with Crippen molar-refractivity contribution in [3.63, 3.8) is 0 Å². The van der Waals surface area contributed by atoms with E-state index in [1.54, 1.807) is 27.7 Å². The van der Waals surface area contributed by atoms with Gasteiger partial charge in [0.25, 0.3) is 0 Å². The van der Waals surface area contributed by atoms with Crippen LogP contribution in [0.25, 0.3) is 0 Å². The normalized spacial score (nSPS) is 13.9. The fraction of sp³-hybridized carbons (Fsp3) is 0.562. The second-order valence-electron chi connectivity index (χ2n) is 5.85. The number of ether oxygens (including phenoxy) is 1. The Hall–Kier alpha value is -1.47. The predicted octanol–water partition coefficient (Wildman–Crippen LogP) is 3.51. The van der Waals surface area contributed by atoms with Gasteiger partial charge >= 0.3 is 6.18 Å². The van der Waals surface area contributed by atoms with Crippen LogP contribution in [0.15, 0.2) is 18.2 Å². The summed E-state index contributed by atoms with van der Waals surface area (Å²) in [5.41, 5.74) is 4.78. The largest absolute Gasteiger partial charge is 0.491 e. The molecule has 4 nitrogen and oxygen atoms in total. The van der Waals surface area contributed by atoms with Crippen molar-refractivity contribution < 1.29 is 22.7 Å². The lowest BCUT2D eigenvalue weighted by molar-refractivity contribution is -0.138. The number of carbonyl (C=O) groups is 1. The molecule has 0 radical (unpaired) electrons. The van der Waals surface area contributed by atoms with E-state index in [1.165, 1.54) is 12.1 Å². The van der Waals surface area contributed by atoms with Gasteiger partial charge in [-0.1, -0.05) is 13.0 Å². The number of hydrogen-bond acceptors (Lipinski definition) is 3. The molecule has 1 amide bonds. The summed E-state index contributed by atoms with van der Waals surface area (Å²) in [7, 11) is 0. The molecule has 0 spiro atoms. The van der Waals surface area contributed by atoms with Crippen LogP contribution in [-0.4, -0.2) is 18.1 Å². The molecule has 0 saturated heterocycles.